The molecule has 0 aromatic heterocycles. The topological polar surface area (TPSA) is 29.1 Å². The molecular formula is C11H17NO. The maximum absolute atomic E-state index is 11.1. The Labute approximate surface area is 80.1 Å². The summed E-state index contributed by atoms with van der Waals surface area (Å²) in [6.07, 6.45) is 4.67. The molecule has 0 bridgehead atoms. The predicted octanol–water partition coefficient (Wildman–Crippen LogP) is 1.70. The van der Waals surface area contributed by atoms with Crippen molar-refractivity contribution in [2.24, 2.45) is 5.92 Å². The van der Waals surface area contributed by atoms with Crippen LogP contribution in [0.1, 0.15) is 39.5 Å². The minimum atomic E-state index is -0.123. The number of nitrogens with one attached hydrogen (secondary N) is 1. The summed E-state index contributed by atoms with van der Waals surface area (Å²) in [5.41, 5.74) is 0. The van der Waals surface area contributed by atoms with Crippen LogP contribution in [0.4, 0.5) is 0 Å². The van der Waals surface area contributed by atoms with Gasteiger partial charge in [-0.05, 0) is 44.4 Å². The van der Waals surface area contributed by atoms with Crippen LogP contribution in [-0.2, 0) is 4.79 Å². The lowest BCUT2D eigenvalue weighted by molar-refractivity contribution is -0.116. The van der Waals surface area contributed by atoms with E-state index in [0.29, 0.717) is 6.04 Å². The van der Waals surface area contributed by atoms with E-state index in [4.69, 9.17) is 0 Å². The maximum Gasteiger partial charge on any atom is 0.296 e. The molecule has 0 unspecified atom stereocenters. The molecular weight excluding hydrogens is 162 g/mol. The van der Waals surface area contributed by atoms with Gasteiger partial charge in [0.15, 0.2) is 0 Å². The van der Waals surface area contributed by atoms with Gasteiger partial charge in [-0.2, -0.15) is 0 Å². The average molecular weight is 179 g/mol. The highest BCUT2D eigenvalue weighted by atomic mass is 16.1. The number of rotatable bonds is 1. The summed E-state index contributed by atoms with van der Waals surface area (Å²) in [6, 6.07) is 0.365. The highest BCUT2D eigenvalue weighted by Crippen LogP contribution is 2.23. The zero-order valence-electron chi connectivity index (χ0n) is 8.39. The van der Waals surface area contributed by atoms with Gasteiger partial charge in [0, 0.05) is 6.04 Å². The monoisotopic (exact) mass is 179 g/mol. The fourth-order valence-corrected chi connectivity index (χ4v) is 1.74. The molecule has 1 aliphatic carbocycles. The molecule has 13 heavy (non-hydrogen) atoms. The van der Waals surface area contributed by atoms with Crippen molar-refractivity contribution in [1.82, 2.24) is 5.32 Å². The standard InChI is InChI=1S/C11H17NO/c1-3-4-11(13)12-10-7-5-9(2)6-8-10/h9-10H,5-8H2,1-2H3,(H,12,13)/t9-,10+. The van der Waals surface area contributed by atoms with Gasteiger partial charge in [-0.3, -0.25) is 4.79 Å². The first-order valence-corrected chi connectivity index (χ1v) is 4.95. The smallest absolute Gasteiger partial charge is 0.296 e. The van der Waals surface area contributed by atoms with Crippen molar-refractivity contribution in [1.29, 1.82) is 0 Å². The van der Waals surface area contributed by atoms with Crippen molar-refractivity contribution in [3.8, 4) is 11.8 Å². The summed E-state index contributed by atoms with van der Waals surface area (Å²) in [5, 5.41) is 2.93. The molecule has 0 heterocycles. The summed E-state index contributed by atoms with van der Waals surface area (Å²) in [5.74, 6) is 5.81. The Morgan fingerprint density at radius 2 is 1.92 bits per heavy atom. The van der Waals surface area contributed by atoms with Gasteiger partial charge in [0.1, 0.15) is 0 Å². The SMILES string of the molecule is CC#CC(=O)N[C@H]1CC[C@@H](C)CC1. The largest absolute Gasteiger partial charge is 0.343 e. The van der Waals surface area contributed by atoms with E-state index in [1.54, 1.807) is 6.92 Å². The summed E-state index contributed by atoms with van der Waals surface area (Å²) in [7, 11) is 0. The number of carbonyl (C=O) groups excluding carboxylic acids is 1. The molecule has 0 spiro atoms. The van der Waals surface area contributed by atoms with E-state index in [1.807, 2.05) is 0 Å². The van der Waals surface area contributed by atoms with Gasteiger partial charge in [-0.1, -0.05) is 12.8 Å². The lowest BCUT2D eigenvalue weighted by Crippen LogP contribution is -2.36. The quantitative estimate of drug-likeness (QED) is 0.610. The molecule has 0 radical (unpaired) electrons. The second-order valence-corrected chi connectivity index (χ2v) is 3.81. The molecule has 0 aromatic carbocycles. The third-order valence-electron chi connectivity index (χ3n) is 2.59. The van der Waals surface area contributed by atoms with E-state index in [0.717, 1.165) is 18.8 Å². The summed E-state index contributed by atoms with van der Waals surface area (Å²) >= 11 is 0. The van der Waals surface area contributed by atoms with Crippen LogP contribution >= 0.6 is 0 Å². The van der Waals surface area contributed by atoms with Gasteiger partial charge in [0.2, 0.25) is 0 Å². The Morgan fingerprint density at radius 3 is 2.46 bits per heavy atom. The van der Waals surface area contributed by atoms with Gasteiger partial charge in [0.05, 0.1) is 0 Å². The first-order chi connectivity index (χ1) is 6.22. The fourth-order valence-electron chi connectivity index (χ4n) is 1.74. The van der Waals surface area contributed by atoms with Gasteiger partial charge in [-0.15, -0.1) is 0 Å². The fraction of sp³-hybridized carbons (Fsp3) is 0.727. The number of amides is 1. The minimum absolute atomic E-state index is 0.123. The molecule has 2 nitrogen and oxygen atoms in total. The summed E-state index contributed by atoms with van der Waals surface area (Å²) < 4.78 is 0. The molecule has 1 amide bonds. The van der Waals surface area contributed by atoms with Crippen molar-refractivity contribution in [2.45, 2.75) is 45.6 Å². The first kappa shape index (κ1) is 10.1. The van der Waals surface area contributed by atoms with Crippen molar-refractivity contribution in [3.05, 3.63) is 0 Å². The summed E-state index contributed by atoms with van der Waals surface area (Å²) in [6.45, 7) is 3.95. The number of hydrogen-bond acceptors (Lipinski definition) is 1. The third kappa shape index (κ3) is 3.50. The molecule has 72 valence electrons. The van der Waals surface area contributed by atoms with Crippen LogP contribution in [0.15, 0.2) is 0 Å². The Hall–Kier alpha value is -0.970. The molecule has 0 aromatic rings. The highest BCUT2D eigenvalue weighted by molar-refractivity contribution is 5.93. The molecule has 0 atom stereocenters. The van der Waals surface area contributed by atoms with E-state index in [2.05, 4.69) is 24.1 Å². The molecule has 1 aliphatic rings. The second-order valence-electron chi connectivity index (χ2n) is 3.81. The van der Waals surface area contributed by atoms with Crippen molar-refractivity contribution >= 4 is 5.91 Å². The molecule has 0 aliphatic heterocycles. The van der Waals surface area contributed by atoms with Gasteiger partial charge >= 0.3 is 0 Å². The van der Waals surface area contributed by atoms with Crippen LogP contribution in [0.2, 0.25) is 0 Å². The normalized spacial score (nSPS) is 27.2. The Kier molecular flexibility index (Phi) is 3.82. The van der Waals surface area contributed by atoms with E-state index in [1.165, 1.54) is 12.8 Å². The van der Waals surface area contributed by atoms with Crippen molar-refractivity contribution < 1.29 is 4.79 Å². The molecule has 1 N–H and O–H groups in total. The lowest BCUT2D eigenvalue weighted by atomic mass is 9.87. The van der Waals surface area contributed by atoms with Crippen molar-refractivity contribution in [2.75, 3.05) is 0 Å². The van der Waals surface area contributed by atoms with Crippen LogP contribution in [0, 0.1) is 17.8 Å². The van der Waals surface area contributed by atoms with Crippen LogP contribution in [0.25, 0.3) is 0 Å². The van der Waals surface area contributed by atoms with E-state index < -0.39 is 0 Å². The third-order valence-corrected chi connectivity index (χ3v) is 2.59. The van der Waals surface area contributed by atoms with E-state index in [9.17, 15) is 4.79 Å². The number of hydrogen-bond donors (Lipinski definition) is 1. The Bertz CT molecular complexity index is 228. The molecule has 0 saturated heterocycles. The van der Waals surface area contributed by atoms with Crippen LogP contribution in [-0.4, -0.2) is 11.9 Å². The van der Waals surface area contributed by atoms with Gasteiger partial charge in [0.25, 0.3) is 5.91 Å². The predicted molar refractivity (Wildman–Crippen MR) is 53.0 cm³/mol. The zero-order valence-corrected chi connectivity index (χ0v) is 8.39. The van der Waals surface area contributed by atoms with Gasteiger partial charge in [-0.25, -0.2) is 0 Å². The summed E-state index contributed by atoms with van der Waals surface area (Å²) in [4.78, 5) is 11.1. The Morgan fingerprint density at radius 1 is 1.31 bits per heavy atom. The van der Waals surface area contributed by atoms with Gasteiger partial charge < -0.3 is 5.32 Å². The highest BCUT2D eigenvalue weighted by Gasteiger charge is 2.18. The first-order valence-electron chi connectivity index (χ1n) is 4.95. The second kappa shape index (κ2) is 4.91. The van der Waals surface area contributed by atoms with Crippen molar-refractivity contribution in [3.63, 3.8) is 0 Å². The minimum Gasteiger partial charge on any atom is -0.343 e. The van der Waals surface area contributed by atoms with E-state index in [-0.39, 0.29) is 5.91 Å². The number of carbonyl (C=O) groups is 1. The van der Waals surface area contributed by atoms with E-state index >= 15 is 0 Å². The molecule has 1 saturated carbocycles. The van der Waals surface area contributed by atoms with Crippen LogP contribution in [0.5, 0.6) is 0 Å². The lowest BCUT2D eigenvalue weighted by Gasteiger charge is -2.26. The van der Waals surface area contributed by atoms with Crippen LogP contribution < -0.4 is 5.32 Å². The molecule has 2 heteroatoms. The Balaban J connectivity index is 2.29. The van der Waals surface area contributed by atoms with Crippen LogP contribution in [0.3, 0.4) is 0 Å². The maximum atomic E-state index is 11.1. The average Bonchev–Trinajstić information content (AvgIpc) is 2.09. The molecule has 1 fully saturated rings. The zero-order chi connectivity index (χ0) is 9.68. The molecule has 1 rings (SSSR count).